The monoisotopic (exact) mass is 308 g/mol. The molecule has 1 aromatic carbocycles. The van der Waals surface area contributed by atoms with E-state index in [4.69, 9.17) is 0 Å². The van der Waals surface area contributed by atoms with Gasteiger partial charge in [0.25, 0.3) is 0 Å². The highest BCUT2D eigenvalue weighted by Crippen LogP contribution is 2.28. The maximum Gasteiger partial charge on any atom is 0.0239 e. The Labute approximate surface area is 135 Å². The Hall–Kier alpha value is -0.570. The van der Waals surface area contributed by atoms with Gasteiger partial charge in [-0.15, -0.1) is 12.4 Å². The van der Waals surface area contributed by atoms with Crippen LogP contribution in [0, 0.1) is 19.8 Å². The maximum absolute atomic E-state index is 3.76. The molecule has 0 atom stereocenters. The summed E-state index contributed by atoms with van der Waals surface area (Å²) in [6.07, 6.45) is 5.55. The Kier molecular flexibility index (Phi) is 6.09. The fraction of sp³-hybridized carbons (Fsp3) is 0.667. The Morgan fingerprint density at radius 2 is 1.67 bits per heavy atom. The molecule has 2 aliphatic rings. The number of halogens is 1. The van der Waals surface area contributed by atoms with Crippen LogP contribution in [0.3, 0.4) is 0 Å². The zero-order valence-corrected chi connectivity index (χ0v) is 14.2. The molecule has 1 N–H and O–H groups in total. The summed E-state index contributed by atoms with van der Waals surface area (Å²) >= 11 is 0. The summed E-state index contributed by atoms with van der Waals surface area (Å²) in [5.74, 6) is 1.00. The number of nitrogens with one attached hydrogen (secondary N) is 1. The smallest absolute Gasteiger partial charge is 0.0239 e. The predicted molar refractivity (Wildman–Crippen MR) is 92.2 cm³/mol. The number of benzene rings is 1. The van der Waals surface area contributed by atoms with Crippen molar-refractivity contribution in [2.45, 2.75) is 52.1 Å². The Bertz CT molecular complexity index is 428. The minimum Gasteiger partial charge on any atom is -0.314 e. The van der Waals surface area contributed by atoms with Crippen molar-refractivity contribution in [1.82, 2.24) is 10.2 Å². The summed E-state index contributed by atoms with van der Waals surface area (Å²) in [7, 11) is 0. The molecular formula is C18H29ClN2. The zero-order chi connectivity index (χ0) is 13.9. The molecule has 1 heterocycles. The van der Waals surface area contributed by atoms with E-state index in [1.807, 2.05) is 0 Å². The van der Waals surface area contributed by atoms with Gasteiger partial charge in [-0.1, -0.05) is 18.2 Å². The van der Waals surface area contributed by atoms with Crippen LogP contribution in [0.25, 0.3) is 0 Å². The van der Waals surface area contributed by atoms with Crippen LogP contribution in [0.2, 0.25) is 0 Å². The Morgan fingerprint density at radius 3 is 2.24 bits per heavy atom. The van der Waals surface area contributed by atoms with E-state index in [2.05, 4.69) is 42.3 Å². The van der Waals surface area contributed by atoms with E-state index in [1.165, 1.54) is 62.0 Å². The molecule has 21 heavy (non-hydrogen) atoms. The van der Waals surface area contributed by atoms with Crippen molar-refractivity contribution < 1.29 is 0 Å². The van der Waals surface area contributed by atoms with Crippen LogP contribution in [-0.4, -0.2) is 30.6 Å². The van der Waals surface area contributed by atoms with E-state index in [1.54, 1.807) is 0 Å². The number of rotatable bonds is 5. The molecule has 0 spiro atoms. The lowest BCUT2D eigenvalue weighted by atomic mass is 10.00. The topological polar surface area (TPSA) is 15.3 Å². The fourth-order valence-corrected chi connectivity index (χ4v) is 3.27. The number of nitrogens with zero attached hydrogens (tertiary/aromatic N) is 1. The van der Waals surface area contributed by atoms with E-state index in [0.29, 0.717) is 0 Å². The first kappa shape index (κ1) is 16.8. The standard InChI is InChI=1S/C18H28N2.ClH/c1-14-4-3-5-15(2)18(14)13-20-10-8-17(9-11-20)19-12-16-6-7-16;/h3-5,16-17,19H,6-13H2,1-2H3;1H. The second-order valence-electron chi connectivity index (χ2n) is 6.77. The summed E-state index contributed by atoms with van der Waals surface area (Å²) in [5, 5.41) is 3.76. The van der Waals surface area contributed by atoms with Gasteiger partial charge in [0.05, 0.1) is 0 Å². The van der Waals surface area contributed by atoms with Crippen LogP contribution in [0.4, 0.5) is 0 Å². The first-order valence-corrected chi connectivity index (χ1v) is 8.23. The maximum atomic E-state index is 3.76. The van der Waals surface area contributed by atoms with Gasteiger partial charge >= 0.3 is 0 Å². The van der Waals surface area contributed by atoms with Crippen LogP contribution in [0.15, 0.2) is 18.2 Å². The number of aryl methyl sites for hydroxylation is 2. The SMILES string of the molecule is Cc1cccc(C)c1CN1CCC(NCC2CC2)CC1.Cl. The van der Waals surface area contributed by atoms with Gasteiger partial charge in [-0.05, 0) is 81.8 Å². The molecule has 1 saturated carbocycles. The van der Waals surface area contributed by atoms with Gasteiger partial charge in [0, 0.05) is 12.6 Å². The van der Waals surface area contributed by atoms with Gasteiger partial charge in [0.1, 0.15) is 0 Å². The summed E-state index contributed by atoms with van der Waals surface area (Å²) in [6.45, 7) is 9.38. The average molecular weight is 309 g/mol. The molecule has 0 unspecified atom stereocenters. The lowest BCUT2D eigenvalue weighted by Gasteiger charge is -2.33. The van der Waals surface area contributed by atoms with Crippen molar-refractivity contribution in [3.63, 3.8) is 0 Å². The number of hydrogen-bond acceptors (Lipinski definition) is 2. The summed E-state index contributed by atoms with van der Waals surface area (Å²) in [5.41, 5.74) is 4.43. The van der Waals surface area contributed by atoms with E-state index in [0.717, 1.165) is 18.5 Å². The second-order valence-corrected chi connectivity index (χ2v) is 6.77. The third-order valence-electron chi connectivity index (χ3n) is 5.01. The molecule has 2 fully saturated rings. The molecule has 2 nitrogen and oxygen atoms in total. The molecule has 1 saturated heterocycles. The molecule has 0 radical (unpaired) electrons. The highest BCUT2D eigenvalue weighted by atomic mass is 35.5. The third-order valence-corrected chi connectivity index (χ3v) is 5.01. The molecular weight excluding hydrogens is 280 g/mol. The largest absolute Gasteiger partial charge is 0.314 e. The summed E-state index contributed by atoms with van der Waals surface area (Å²) in [4.78, 5) is 2.63. The second kappa shape index (κ2) is 7.62. The summed E-state index contributed by atoms with van der Waals surface area (Å²) in [6, 6.07) is 7.42. The van der Waals surface area contributed by atoms with Crippen LogP contribution in [0.5, 0.6) is 0 Å². The van der Waals surface area contributed by atoms with E-state index < -0.39 is 0 Å². The van der Waals surface area contributed by atoms with Crippen molar-refractivity contribution in [2.75, 3.05) is 19.6 Å². The fourth-order valence-electron chi connectivity index (χ4n) is 3.27. The minimum atomic E-state index is 0. The van der Waals surface area contributed by atoms with Gasteiger partial charge in [-0.25, -0.2) is 0 Å². The van der Waals surface area contributed by atoms with E-state index >= 15 is 0 Å². The zero-order valence-electron chi connectivity index (χ0n) is 13.4. The van der Waals surface area contributed by atoms with Crippen molar-refractivity contribution in [3.05, 3.63) is 34.9 Å². The van der Waals surface area contributed by atoms with Crippen molar-refractivity contribution in [3.8, 4) is 0 Å². The third kappa shape index (κ3) is 4.70. The molecule has 0 bridgehead atoms. The van der Waals surface area contributed by atoms with Crippen molar-refractivity contribution in [2.24, 2.45) is 5.92 Å². The van der Waals surface area contributed by atoms with Gasteiger partial charge in [0.15, 0.2) is 0 Å². The molecule has 3 heteroatoms. The minimum absolute atomic E-state index is 0. The van der Waals surface area contributed by atoms with Gasteiger partial charge in [-0.3, -0.25) is 4.90 Å². The van der Waals surface area contributed by atoms with Gasteiger partial charge in [0.2, 0.25) is 0 Å². The molecule has 0 aromatic heterocycles. The highest BCUT2D eigenvalue weighted by molar-refractivity contribution is 5.85. The quantitative estimate of drug-likeness (QED) is 0.892. The number of piperidine rings is 1. The van der Waals surface area contributed by atoms with Crippen LogP contribution in [0.1, 0.15) is 42.4 Å². The lowest BCUT2D eigenvalue weighted by molar-refractivity contribution is 0.189. The van der Waals surface area contributed by atoms with Gasteiger partial charge in [-0.2, -0.15) is 0 Å². The lowest BCUT2D eigenvalue weighted by Crippen LogP contribution is -2.42. The van der Waals surface area contributed by atoms with Crippen molar-refractivity contribution >= 4 is 12.4 Å². The average Bonchev–Trinajstić information content (AvgIpc) is 3.26. The van der Waals surface area contributed by atoms with Crippen molar-refractivity contribution in [1.29, 1.82) is 0 Å². The van der Waals surface area contributed by atoms with Gasteiger partial charge < -0.3 is 5.32 Å². The highest BCUT2D eigenvalue weighted by Gasteiger charge is 2.24. The number of hydrogen-bond donors (Lipinski definition) is 1. The van der Waals surface area contributed by atoms with Crippen LogP contribution >= 0.6 is 12.4 Å². The van der Waals surface area contributed by atoms with E-state index in [-0.39, 0.29) is 12.4 Å². The molecule has 3 rings (SSSR count). The first-order chi connectivity index (χ1) is 9.72. The normalized spacial score (nSPS) is 20.3. The predicted octanol–water partition coefficient (Wildman–Crippen LogP) is 3.69. The number of likely N-dealkylation sites (tertiary alicyclic amines) is 1. The Balaban J connectivity index is 0.00000161. The van der Waals surface area contributed by atoms with E-state index in [9.17, 15) is 0 Å². The van der Waals surface area contributed by atoms with Crippen LogP contribution < -0.4 is 5.32 Å². The molecule has 1 aliphatic heterocycles. The van der Waals surface area contributed by atoms with Crippen LogP contribution in [-0.2, 0) is 6.54 Å². The molecule has 0 amide bonds. The first-order valence-electron chi connectivity index (χ1n) is 8.23. The molecule has 1 aromatic rings. The summed E-state index contributed by atoms with van der Waals surface area (Å²) < 4.78 is 0. The molecule has 1 aliphatic carbocycles. The Morgan fingerprint density at radius 1 is 1.05 bits per heavy atom. The molecule has 118 valence electrons.